The van der Waals surface area contributed by atoms with Gasteiger partial charge in [-0.1, -0.05) is 18.2 Å². The fourth-order valence-electron chi connectivity index (χ4n) is 2.01. The van der Waals surface area contributed by atoms with E-state index in [9.17, 15) is 8.42 Å². The number of sulfonamides is 1. The number of ether oxygens (including phenoxy) is 1. The van der Waals surface area contributed by atoms with Crippen LogP contribution in [0.25, 0.3) is 0 Å². The molecule has 1 unspecified atom stereocenters. The Bertz CT molecular complexity index is 579. The molecular weight excluding hydrogens is 286 g/mol. The van der Waals surface area contributed by atoms with Gasteiger partial charge in [0, 0.05) is 6.04 Å². The van der Waals surface area contributed by atoms with Crippen LogP contribution in [0.4, 0.5) is 0 Å². The van der Waals surface area contributed by atoms with Gasteiger partial charge in [-0.15, -0.1) is 6.58 Å². The molecular formula is C16H23NO3S. The molecule has 116 valence electrons. The van der Waals surface area contributed by atoms with Gasteiger partial charge in [-0.25, -0.2) is 13.1 Å². The number of hydrogen-bond donors (Lipinski definition) is 1. The van der Waals surface area contributed by atoms with Gasteiger partial charge < -0.3 is 4.74 Å². The highest BCUT2D eigenvalue weighted by atomic mass is 32.2. The molecule has 0 aliphatic heterocycles. The van der Waals surface area contributed by atoms with E-state index in [0.717, 1.165) is 17.9 Å². The molecule has 0 saturated heterocycles. The average Bonchev–Trinajstić information content (AvgIpc) is 3.27. The normalized spacial score (nSPS) is 16.4. The van der Waals surface area contributed by atoms with E-state index in [1.165, 1.54) is 12.8 Å². The van der Waals surface area contributed by atoms with Gasteiger partial charge in [0.05, 0.1) is 12.4 Å². The minimum absolute atomic E-state index is 0.0682. The van der Waals surface area contributed by atoms with Crippen molar-refractivity contribution in [3.8, 4) is 5.75 Å². The van der Waals surface area contributed by atoms with Crippen molar-refractivity contribution in [3.63, 3.8) is 0 Å². The minimum atomic E-state index is -3.28. The van der Waals surface area contributed by atoms with E-state index >= 15 is 0 Å². The van der Waals surface area contributed by atoms with Crippen LogP contribution in [0.5, 0.6) is 5.75 Å². The monoisotopic (exact) mass is 309 g/mol. The Morgan fingerprint density at radius 3 is 2.90 bits per heavy atom. The molecule has 0 radical (unpaired) electrons. The Labute approximate surface area is 127 Å². The third-order valence-electron chi connectivity index (χ3n) is 3.49. The quantitative estimate of drug-likeness (QED) is 0.713. The first-order valence-electron chi connectivity index (χ1n) is 7.34. The average molecular weight is 309 g/mol. The van der Waals surface area contributed by atoms with Crippen molar-refractivity contribution in [2.24, 2.45) is 5.92 Å². The smallest absolute Gasteiger partial charge is 0.212 e. The lowest BCUT2D eigenvalue weighted by atomic mass is 10.1. The van der Waals surface area contributed by atoms with Gasteiger partial charge in [-0.3, -0.25) is 0 Å². The van der Waals surface area contributed by atoms with Crippen LogP contribution in [0.1, 0.15) is 37.8 Å². The number of benzene rings is 1. The summed E-state index contributed by atoms with van der Waals surface area (Å²) in [5.41, 5.74) is 0.908. The van der Waals surface area contributed by atoms with Crippen LogP contribution < -0.4 is 9.46 Å². The number of hydrogen-bond acceptors (Lipinski definition) is 3. The third kappa shape index (κ3) is 5.52. The topological polar surface area (TPSA) is 55.4 Å². The van der Waals surface area contributed by atoms with Crippen LogP contribution in [0.2, 0.25) is 0 Å². The van der Waals surface area contributed by atoms with Crippen molar-refractivity contribution in [2.75, 3.05) is 12.4 Å². The molecule has 2 rings (SSSR count). The zero-order chi connectivity index (χ0) is 15.3. The van der Waals surface area contributed by atoms with Crippen LogP contribution in [0, 0.1) is 5.92 Å². The van der Waals surface area contributed by atoms with E-state index in [-0.39, 0.29) is 11.8 Å². The summed E-state index contributed by atoms with van der Waals surface area (Å²) in [4.78, 5) is 0. The summed E-state index contributed by atoms with van der Waals surface area (Å²) in [5, 5.41) is 0. The number of allylic oxidation sites excluding steroid dienone is 1. The van der Waals surface area contributed by atoms with Gasteiger partial charge in [0.2, 0.25) is 10.0 Å². The lowest BCUT2D eigenvalue weighted by Crippen LogP contribution is -2.29. The Morgan fingerprint density at radius 2 is 2.24 bits per heavy atom. The van der Waals surface area contributed by atoms with Crippen molar-refractivity contribution in [2.45, 2.75) is 32.2 Å². The Hall–Kier alpha value is -1.33. The summed E-state index contributed by atoms with van der Waals surface area (Å²) in [5.74, 6) is 1.57. The van der Waals surface area contributed by atoms with Crippen LogP contribution in [-0.2, 0) is 10.0 Å². The van der Waals surface area contributed by atoms with Gasteiger partial charge in [-0.2, -0.15) is 0 Å². The standard InChI is InChI=1S/C16H23NO3S/c1-3-4-10-21(18,19)17-13(2)15-6-5-7-16(11-15)20-12-14-8-9-14/h3,5-7,11,13-14,17H,1,4,8-10,12H2,2H3. The molecule has 1 saturated carbocycles. The fourth-order valence-corrected chi connectivity index (χ4v) is 3.28. The first-order valence-corrected chi connectivity index (χ1v) is 8.99. The van der Waals surface area contributed by atoms with Gasteiger partial charge in [0.15, 0.2) is 0 Å². The van der Waals surface area contributed by atoms with Crippen LogP contribution in [0.15, 0.2) is 36.9 Å². The van der Waals surface area contributed by atoms with E-state index in [1.807, 2.05) is 31.2 Å². The zero-order valence-corrected chi connectivity index (χ0v) is 13.2. The SMILES string of the molecule is C=CCCS(=O)(=O)NC(C)c1cccc(OCC2CC2)c1. The van der Waals surface area contributed by atoms with Crippen molar-refractivity contribution < 1.29 is 13.2 Å². The van der Waals surface area contributed by atoms with Gasteiger partial charge in [0.25, 0.3) is 0 Å². The summed E-state index contributed by atoms with van der Waals surface area (Å²) >= 11 is 0. The van der Waals surface area contributed by atoms with E-state index < -0.39 is 10.0 Å². The van der Waals surface area contributed by atoms with Gasteiger partial charge in [0.1, 0.15) is 5.75 Å². The predicted molar refractivity (Wildman–Crippen MR) is 84.8 cm³/mol. The molecule has 5 heteroatoms. The number of nitrogens with one attached hydrogen (secondary N) is 1. The summed E-state index contributed by atoms with van der Waals surface area (Å²) in [6, 6.07) is 7.34. The lowest BCUT2D eigenvalue weighted by Gasteiger charge is -2.15. The maximum atomic E-state index is 11.9. The Kier molecular flexibility index (Phi) is 5.42. The molecule has 1 N–H and O–H groups in total. The van der Waals surface area contributed by atoms with E-state index in [4.69, 9.17) is 4.74 Å². The van der Waals surface area contributed by atoms with Crippen molar-refractivity contribution in [1.82, 2.24) is 4.72 Å². The van der Waals surface area contributed by atoms with Crippen molar-refractivity contribution in [1.29, 1.82) is 0 Å². The summed E-state index contributed by atoms with van der Waals surface area (Å²) in [7, 11) is -3.28. The predicted octanol–water partition coefficient (Wildman–Crippen LogP) is 3.03. The fraction of sp³-hybridized carbons (Fsp3) is 0.500. The van der Waals surface area contributed by atoms with Gasteiger partial charge >= 0.3 is 0 Å². The largest absolute Gasteiger partial charge is 0.493 e. The highest BCUT2D eigenvalue weighted by Gasteiger charge is 2.22. The molecule has 21 heavy (non-hydrogen) atoms. The summed E-state index contributed by atoms with van der Waals surface area (Å²) in [6.45, 7) is 6.14. The highest BCUT2D eigenvalue weighted by Crippen LogP contribution is 2.30. The van der Waals surface area contributed by atoms with Crippen LogP contribution in [0.3, 0.4) is 0 Å². The first kappa shape index (κ1) is 16.0. The van der Waals surface area contributed by atoms with E-state index in [1.54, 1.807) is 6.08 Å². The second-order valence-corrected chi connectivity index (χ2v) is 7.44. The molecule has 0 amide bonds. The third-order valence-corrected chi connectivity index (χ3v) is 4.97. The Morgan fingerprint density at radius 1 is 1.48 bits per heavy atom. The molecule has 0 spiro atoms. The highest BCUT2D eigenvalue weighted by molar-refractivity contribution is 7.89. The summed E-state index contributed by atoms with van der Waals surface area (Å²) < 4.78 is 32.2. The van der Waals surface area contributed by atoms with Crippen molar-refractivity contribution in [3.05, 3.63) is 42.5 Å². The lowest BCUT2D eigenvalue weighted by molar-refractivity contribution is 0.299. The van der Waals surface area contributed by atoms with Crippen LogP contribution >= 0.6 is 0 Å². The molecule has 1 aromatic carbocycles. The second-order valence-electron chi connectivity index (χ2n) is 5.56. The van der Waals surface area contributed by atoms with Crippen LogP contribution in [-0.4, -0.2) is 20.8 Å². The van der Waals surface area contributed by atoms with E-state index in [0.29, 0.717) is 12.3 Å². The molecule has 1 aliphatic rings. The zero-order valence-electron chi connectivity index (χ0n) is 12.4. The molecule has 1 aliphatic carbocycles. The number of rotatable bonds is 9. The second kappa shape index (κ2) is 7.09. The molecule has 0 aromatic heterocycles. The molecule has 4 nitrogen and oxygen atoms in total. The minimum Gasteiger partial charge on any atom is -0.493 e. The molecule has 0 bridgehead atoms. The maximum absolute atomic E-state index is 11.9. The van der Waals surface area contributed by atoms with Gasteiger partial charge in [-0.05, 0) is 49.8 Å². The first-order chi connectivity index (χ1) is 10.00. The summed E-state index contributed by atoms with van der Waals surface area (Å²) in [6.07, 6.45) is 4.56. The molecule has 0 heterocycles. The maximum Gasteiger partial charge on any atom is 0.212 e. The molecule has 1 aromatic rings. The van der Waals surface area contributed by atoms with Crippen molar-refractivity contribution >= 4 is 10.0 Å². The molecule has 1 atom stereocenters. The van der Waals surface area contributed by atoms with E-state index in [2.05, 4.69) is 11.3 Å². The molecule has 1 fully saturated rings. The Balaban J connectivity index is 1.95.